The van der Waals surface area contributed by atoms with Crippen LogP contribution in [0.25, 0.3) is 11.7 Å². The number of benzene rings is 1. The highest BCUT2D eigenvalue weighted by atomic mass is 16.2. The van der Waals surface area contributed by atoms with Crippen LogP contribution in [0.3, 0.4) is 0 Å². The van der Waals surface area contributed by atoms with Crippen LogP contribution in [0.4, 0.5) is 16.3 Å². The summed E-state index contributed by atoms with van der Waals surface area (Å²) in [4.78, 5) is 27.7. The number of anilines is 2. The minimum Gasteiger partial charge on any atom is -0.338 e. The van der Waals surface area contributed by atoms with Crippen LogP contribution in [0.15, 0.2) is 48.4 Å². The van der Waals surface area contributed by atoms with Gasteiger partial charge in [0.05, 0.1) is 5.56 Å². The molecule has 0 aliphatic carbocycles. The molecule has 3 N–H and O–H groups in total. The number of fused-ring (bicyclic) bond motifs is 1. The van der Waals surface area contributed by atoms with E-state index >= 15 is 0 Å². The SMILES string of the molecule is CC(C)(C)c1cccc(Nc2nn3cccnc3c2C=C2NC(=O)NC2=O)c1. The molecule has 0 bridgehead atoms. The van der Waals surface area contributed by atoms with E-state index in [0.717, 1.165) is 5.69 Å². The molecule has 8 heteroatoms. The number of aromatic nitrogens is 3. The first kappa shape index (κ1) is 17.7. The molecule has 0 atom stereocenters. The summed E-state index contributed by atoms with van der Waals surface area (Å²) in [5, 5.41) is 12.5. The molecule has 1 fully saturated rings. The molecular weight excluding hydrogens is 356 g/mol. The van der Waals surface area contributed by atoms with Crippen molar-refractivity contribution in [1.82, 2.24) is 25.2 Å². The molecule has 142 valence electrons. The number of urea groups is 1. The van der Waals surface area contributed by atoms with Crippen molar-refractivity contribution >= 4 is 35.2 Å². The van der Waals surface area contributed by atoms with E-state index in [0.29, 0.717) is 17.0 Å². The molecule has 28 heavy (non-hydrogen) atoms. The summed E-state index contributed by atoms with van der Waals surface area (Å²) in [6.07, 6.45) is 5.00. The van der Waals surface area contributed by atoms with Crippen molar-refractivity contribution in [3.63, 3.8) is 0 Å². The van der Waals surface area contributed by atoms with E-state index in [1.807, 2.05) is 12.1 Å². The summed E-state index contributed by atoms with van der Waals surface area (Å²) in [5.41, 5.74) is 3.39. The predicted octanol–water partition coefficient (Wildman–Crippen LogP) is 2.95. The van der Waals surface area contributed by atoms with E-state index in [1.165, 1.54) is 5.56 Å². The van der Waals surface area contributed by atoms with Gasteiger partial charge in [-0.25, -0.2) is 14.3 Å². The fourth-order valence-corrected chi connectivity index (χ4v) is 2.96. The second-order valence-corrected chi connectivity index (χ2v) is 7.57. The minimum absolute atomic E-state index is 0.00911. The summed E-state index contributed by atoms with van der Waals surface area (Å²) < 4.78 is 1.62. The average Bonchev–Trinajstić information content (AvgIpc) is 3.14. The quantitative estimate of drug-likeness (QED) is 0.482. The number of carbonyl (C=O) groups is 2. The molecule has 0 saturated carbocycles. The summed E-state index contributed by atoms with van der Waals surface area (Å²) in [6.45, 7) is 6.45. The molecule has 3 heterocycles. The van der Waals surface area contributed by atoms with Gasteiger partial charge in [0.1, 0.15) is 5.70 Å². The molecule has 1 aromatic carbocycles. The maximum absolute atomic E-state index is 11.9. The molecule has 0 spiro atoms. The zero-order valence-corrected chi connectivity index (χ0v) is 15.8. The molecule has 1 aliphatic heterocycles. The van der Waals surface area contributed by atoms with Crippen molar-refractivity contribution in [2.24, 2.45) is 0 Å². The lowest BCUT2D eigenvalue weighted by Gasteiger charge is -2.19. The van der Waals surface area contributed by atoms with Crippen molar-refractivity contribution in [1.29, 1.82) is 0 Å². The molecule has 2 aromatic heterocycles. The van der Waals surface area contributed by atoms with Crippen molar-refractivity contribution < 1.29 is 9.59 Å². The number of nitrogens with one attached hydrogen (secondary N) is 3. The van der Waals surface area contributed by atoms with Gasteiger partial charge in [0.2, 0.25) is 0 Å². The number of amides is 3. The van der Waals surface area contributed by atoms with Crippen LogP contribution < -0.4 is 16.0 Å². The van der Waals surface area contributed by atoms with Crippen LogP contribution in [0.5, 0.6) is 0 Å². The molecule has 3 aromatic rings. The lowest BCUT2D eigenvalue weighted by molar-refractivity contribution is -0.115. The van der Waals surface area contributed by atoms with E-state index in [9.17, 15) is 9.59 Å². The van der Waals surface area contributed by atoms with Gasteiger partial charge in [-0.3, -0.25) is 10.1 Å². The van der Waals surface area contributed by atoms with Crippen LogP contribution in [0.1, 0.15) is 31.9 Å². The van der Waals surface area contributed by atoms with Gasteiger partial charge in [-0.2, -0.15) is 0 Å². The second kappa shape index (κ2) is 6.49. The summed E-state index contributed by atoms with van der Waals surface area (Å²) >= 11 is 0. The first-order valence-corrected chi connectivity index (χ1v) is 8.86. The van der Waals surface area contributed by atoms with Crippen LogP contribution in [0.2, 0.25) is 0 Å². The lowest BCUT2D eigenvalue weighted by atomic mass is 9.87. The first-order chi connectivity index (χ1) is 13.3. The molecule has 3 amide bonds. The zero-order chi connectivity index (χ0) is 19.9. The molecule has 0 radical (unpaired) electrons. The average molecular weight is 376 g/mol. The summed E-state index contributed by atoms with van der Waals surface area (Å²) in [6, 6.07) is 9.31. The van der Waals surface area contributed by atoms with E-state index < -0.39 is 11.9 Å². The molecule has 1 saturated heterocycles. The Bertz CT molecular complexity index is 1120. The summed E-state index contributed by atoms with van der Waals surface area (Å²) in [7, 11) is 0. The van der Waals surface area contributed by atoms with E-state index in [4.69, 9.17) is 0 Å². The fourth-order valence-electron chi connectivity index (χ4n) is 2.96. The predicted molar refractivity (Wildman–Crippen MR) is 106 cm³/mol. The normalized spacial score (nSPS) is 15.8. The van der Waals surface area contributed by atoms with Crippen LogP contribution in [0, 0.1) is 0 Å². The van der Waals surface area contributed by atoms with Gasteiger partial charge in [-0.05, 0) is 35.3 Å². The highest BCUT2D eigenvalue weighted by molar-refractivity contribution is 6.14. The number of carbonyl (C=O) groups excluding carboxylic acids is 2. The van der Waals surface area contributed by atoms with Gasteiger partial charge in [0, 0.05) is 18.1 Å². The number of imide groups is 1. The van der Waals surface area contributed by atoms with Crippen molar-refractivity contribution in [2.45, 2.75) is 26.2 Å². The Hall–Kier alpha value is -3.68. The van der Waals surface area contributed by atoms with Crippen LogP contribution in [-0.4, -0.2) is 26.5 Å². The largest absolute Gasteiger partial charge is 0.338 e. The number of hydrogen-bond acceptors (Lipinski definition) is 5. The number of rotatable bonds is 3. The maximum Gasteiger partial charge on any atom is 0.326 e. The van der Waals surface area contributed by atoms with Crippen LogP contribution in [-0.2, 0) is 10.2 Å². The highest BCUT2D eigenvalue weighted by Gasteiger charge is 2.25. The number of hydrogen-bond donors (Lipinski definition) is 3. The topological polar surface area (TPSA) is 100 Å². The van der Waals surface area contributed by atoms with Gasteiger partial charge in [0.25, 0.3) is 5.91 Å². The third-order valence-electron chi connectivity index (χ3n) is 4.43. The number of nitrogens with zero attached hydrogens (tertiary/aromatic N) is 3. The van der Waals surface area contributed by atoms with Crippen molar-refractivity contribution in [3.8, 4) is 0 Å². The van der Waals surface area contributed by atoms with E-state index in [-0.39, 0.29) is 11.1 Å². The summed E-state index contributed by atoms with van der Waals surface area (Å²) in [5.74, 6) is 0.0483. The standard InChI is InChI=1S/C20H20N6O2/c1-20(2,3)12-6-4-7-13(10-12)22-16-14(11-15-18(27)24-19(28)23-15)17-21-8-5-9-26(17)25-16/h4-11H,1-3H3,(H,22,25)(H2,23,24,27,28). The van der Waals surface area contributed by atoms with E-state index in [1.54, 1.807) is 29.1 Å². The highest BCUT2D eigenvalue weighted by Crippen LogP contribution is 2.29. The Labute approximate surface area is 161 Å². The minimum atomic E-state index is -0.548. The Morgan fingerprint density at radius 1 is 1.14 bits per heavy atom. The monoisotopic (exact) mass is 376 g/mol. The van der Waals surface area contributed by atoms with Crippen LogP contribution >= 0.6 is 0 Å². The lowest BCUT2D eigenvalue weighted by Crippen LogP contribution is -2.22. The third kappa shape index (κ3) is 3.32. The first-order valence-electron chi connectivity index (χ1n) is 8.86. The molecule has 4 rings (SSSR count). The molecule has 0 unspecified atom stereocenters. The second-order valence-electron chi connectivity index (χ2n) is 7.57. The third-order valence-corrected chi connectivity index (χ3v) is 4.43. The fraction of sp³-hybridized carbons (Fsp3) is 0.200. The zero-order valence-electron chi connectivity index (χ0n) is 15.8. The van der Waals surface area contributed by atoms with E-state index in [2.05, 4.69) is 58.9 Å². The van der Waals surface area contributed by atoms with Gasteiger partial charge >= 0.3 is 6.03 Å². The Morgan fingerprint density at radius 3 is 2.68 bits per heavy atom. The maximum atomic E-state index is 11.9. The van der Waals surface area contributed by atoms with Crippen molar-refractivity contribution in [3.05, 3.63) is 59.5 Å². The Kier molecular flexibility index (Phi) is 4.11. The van der Waals surface area contributed by atoms with Crippen molar-refractivity contribution in [2.75, 3.05) is 5.32 Å². The van der Waals surface area contributed by atoms with Gasteiger partial charge in [-0.15, -0.1) is 5.10 Å². The molecule has 8 nitrogen and oxygen atoms in total. The molecular formula is C20H20N6O2. The Balaban J connectivity index is 1.79. The Morgan fingerprint density at radius 2 is 1.96 bits per heavy atom. The van der Waals surface area contributed by atoms with Gasteiger partial charge in [-0.1, -0.05) is 32.9 Å². The van der Waals surface area contributed by atoms with Gasteiger partial charge < -0.3 is 10.6 Å². The molecule has 1 aliphatic rings. The smallest absolute Gasteiger partial charge is 0.326 e. The van der Waals surface area contributed by atoms with Gasteiger partial charge in [0.15, 0.2) is 11.5 Å².